The van der Waals surface area contributed by atoms with E-state index in [9.17, 15) is 0 Å². The molecule has 7 aromatic carbocycles. The van der Waals surface area contributed by atoms with Crippen LogP contribution < -0.4 is 0 Å². The Bertz CT molecular complexity index is 2790. The van der Waals surface area contributed by atoms with Gasteiger partial charge in [0.05, 0.1) is 16.6 Å². The van der Waals surface area contributed by atoms with Gasteiger partial charge in [-0.15, -0.1) is 8.19 Å². The van der Waals surface area contributed by atoms with Gasteiger partial charge in [-0.3, -0.25) is 4.57 Å². The molecule has 0 fully saturated rings. The summed E-state index contributed by atoms with van der Waals surface area (Å²) < 4.78 is 2.45. The summed E-state index contributed by atoms with van der Waals surface area (Å²) in [5.74, 6) is 0.949. The molecular formula is C43H27N2P. The van der Waals surface area contributed by atoms with Crippen LogP contribution in [0.25, 0.3) is 92.6 Å². The molecule has 0 aliphatic heterocycles. The van der Waals surface area contributed by atoms with Gasteiger partial charge in [-0.2, -0.15) is 0 Å². The summed E-state index contributed by atoms with van der Waals surface area (Å²) in [5, 5.41) is 11.9. The van der Waals surface area contributed by atoms with Crippen molar-refractivity contribution < 1.29 is 0 Å². The largest absolute Gasteiger partial charge is 0.293 e. The number of aromatic nitrogens is 2. The van der Waals surface area contributed by atoms with E-state index in [-0.39, 0.29) is 0 Å². The zero-order chi connectivity index (χ0) is 30.2. The molecule has 0 spiro atoms. The van der Waals surface area contributed by atoms with Gasteiger partial charge in [0, 0.05) is 26.7 Å². The molecule has 3 heteroatoms. The molecule has 0 amide bonds. The average molecular weight is 603 g/mol. The molecule has 0 N–H and O–H groups in total. The Balaban J connectivity index is 1.33. The van der Waals surface area contributed by atoms with Gasteiger partial charge in [-0.25, -0.2) is 4.98 Å². The van der Waals surface area contributed by atoms with Crippen LogP contribution in [0.3, 0.4) is 0 Å². The topological polar surface area (TPSA) is 17.8 Å². The first-order valence-electron chi connectivity index (χ1n) is 15.7. The molecule has 0 aliphatic rings. The fourth-order valence-electron chi connectivity index (χ4n) is 7.49. The quantitative estimate of drug-likeness (QED) is 0.197. The lowest BCUT2D eigenvalue weighted by molar-refractivity contribution is 1.11. The third-order valence-electron chi connectivity index (χ3n) is 9.52. The van der Waals surface area contributed by atoms with Crippen molar-refractivity contribution >= 4 is 72.7 Å². The van der Waals surface area contributed by atoms with Gasteiger partial charge >= 0.3 is 0 Å². The molecule has 46 heavy (non-hydrogen) atoms. The third kappa shape index (κ3) is 3.68. The maximum Gasteiger partial charge on any atom is 0.138 e. The van der Waals surface area contributed by atoms with Crippen molar-refractivity contribution in [2.24, 2.45) is 0 Å². The maximum absolute atomic E-state index is 5.39. The van der Waals surface area contributed by atoms with Crippen LogP contribution in [0.15, 0.2) is 158 Å². The van der Waals surface area contributed by atoms with Gasteiger partial charge in [0.2, 0.25) is 0 Å². The Morgan fingerprint density at radius 2 is 1.04 bits per heavy atom. The first-order valence-corrected chi connectivity index (χ1v) is 16.7. The standard InChI is InChI=1S/C43H27N2P/c1-2-12-27(13-3-1)28-22-24-29(25-23-28)35-26-39(44-36-19-9-6-14-30(35)36)45-37-20-10-7-17-33(37)40-31-15-4-5-16-32(31)41-34-18-8-11-21-38(34)46-43(41)42(40)45/h1-26,46H. The molecule has 1 unspecified atom stereocenters. The lowest BCUT2D eigenvalue weighted by atomic mass is 9.98. The third-order valence-corrected chi connectivity index (χ3v) is 11.0. The lowest BCUT2D eigenvalue weighted by Gasteiger charge is -2.14. The van der Waals surface area contributed by atoms with E-state index in [0.29, 0.717) is 8.19 Å². The Hall–Kier alpha value is -5.69. The van der Waals surface area contributed by atoms with Gasteiger partial charge in [0.1, 0.15) is 5.82 Å². The van der Waals surface area contributed by atoms with Gasteiger partial charge in [0.15, 0.2) is 0 Å². The molecule has 3 aromatic heterocycles. The van der Waals surface area contributed by atoms with E-state index in [1.807, 2.05) is 0 Å². The molecule has 0 aliphatic carbocycles. The minimum Gasteiger partial charge on any atom is -0.293 e. The van der Waals surface area contributed by atoms with Gasteiger partial charge in [-0.05, 0) is 61.7 Å². The summed E-state index contributed by atoms with van der Waals surface area (Å²) in [5.41, 5.74) is 8.27. The van der Waals surface area contributed by atoms with Crippen LogP contribution in [-0.4, -0.2) is 9.55 Å². The maximum atomic E-state index is 5.39. The number of hydrogen-bond acceptors (Lipinski definition) is 1. The highest BCUT2D eigenvalue weighted by molar-refractivity contribution is 7.44. The molecule has 1 atom stereocenters. The molecule has 10 aromatic rings. The van der Waals surface area contributed by atoms with Crippen molar-refractivity contribution in [1.29, 1.82) is 0 Å². The van der Waals surface area contributed by atoms with Crippen LogP contribution in [0.5, 0.6) is 0 Å². The second-order valence-electron chi connectivity index (χ2n) is 12.0. The van der Waals surface area contributed by atoms with Gasteiger partial charge in [-0.1, -0.05) is 140 Å². The van der Waals surface area contributed by atoms with Crippen LogP contribution in [-0.2, 0) is 0 Å². The fraction of sp³-hybridized carbons (Fsp3) is 0. The molecule has 10 rings (SSSR count). The van der Waals surface area contributed by atoms with Crippen molar-refractivity contribution in [2.45, 2.75) is 0 Å². The molecular weight excluding hydrogens is 575 g/mol. The zero-order valence-electron chi connectivity index (χ0n) is 24.9. The summed E-state index contributed by atoms with van der Waals surface area (Å²) in [6, 6.07) is 57.2. The van der Waals surface area contributed by atoms with Crippen LogP contribution in [0.2, 0.25) is 0 Å². The molecule has 3 heterocycles. The first kappa shape index (κ1) is 25.6. The van der Waals surface area contributed by atoms with Crippen LogP contribution >= 0.6 is 8.19 Å². The van der Waals surface area contributed by atoms with Crippen LogP contribution in [0, 0.1) is 0 Å². The van der Waals surface area contributed by atoms with E-state index in [4.69, 9.17) is 4.98 Å². The number of hydrogen-bond donors (Lipinski definition) is 0. The van der Waals surface area contributed by atoms with Crippen molar-refractivity contribution in [2.75, 3.05) is 0 Å². The van der Waals surface area contributed by atoms with Gasteiger partial charge in [0.25, 0.3) is 0 Å². The highest BCUT2D eigenvalue weighted by Gasteiger charge is 2.22. The normalized spacial score (nSPS) is 12.1. The summed E-state index contributed by atoms with van der Waals surface area (Å²) in [6.07, 6.45) is 0. The number of pyridine rings is 1. The Morgan fingerprint density at radius 1 is 0.457 bits per heavy atom. The van der Waals surface area contributed by atoms with Crippen molar-refractivity contribution in [1.82, 2.24) is 9.55 Å². The fourth-order valence-corrected chi connectivity index (χ4v) is 9.03. The van der Waals surface area contributed by atoms with E-state index in [0.717, 1.165) is 16.7 Å². The van der Waals surface area contributed by atoms with Crippen LogP contribution in [0.4, 0.5) is 0 Å². The molecule has 0 radical (unpaired) electrons. The number of nitrogens with zero attached hydrogens (tertiary/aromatic N) is 2. The second-order valence-corrected chi connectivity index (χ2v) is 13.3. The summed E-state index contributed by atoms with van der Waals surface area (Å²) in [4.78, 5) is 5.39. The zero-order valence-corrected chi connectivity index (χ0v) is 25.9. The first-order chi connectivity index (χ1) is 22.8. The van der Waals surface area contributed by atoms with E-state index >= 15 is 0 Å². The van der Waals surface area contributed by atoms with Gasteiger partial charge < -0.3 is 0 Å². The number of rotatable bonds is 3. The number of para-hydroxylation sites is 2. The lowest BCUT2D eigenvalue weighted by Crippen LogP contribution is -1.99. The SMILES string of the molecule is c1ccc(-c2ccc(-c3cc(-n4c5ccccc5c5c6ccccc6c6c7ccccc7[pH]c6c54)nc4ccccc34)cc2)cc1. The summed E-state index contributed by atoms with van der Waals surface area (Å²) in [7, 11) is 0.581. The average Bonchev–Trinajstić information content (AvgIpc) is 3.69. The molecule has 0 saturated heterocycles. The Morgan fingerprint density at radius 3 is 1.85 bits per heavy atom. The van der Waals surface area contributed by atoms with E-state index in [1.165, 1.54) is 75.8 Å². The predicted octanol–water partition coefficient (Wildman–Crippen LogP) is 12.2. The second kappa shape index (κ2) is 9.91. The molecule has 0 bridgehead atoms. The molecule has 0 saturated carbocycles. The Kier molecular flexibility index (Phi) is 5.52. The number of fused-ring (bicyclic) bond motifs is 11. The smallest absolute Gasteiger partial charge is 0.138 e. The minimum absolute atomic E-state index is 0.581. The highest BCUT2D eigenvalue weighted by Crippen LogP contribution is 2.49. The minimum atomic E-state index is 0.581. The Labute approximate surface area is 267 Å². The van der Waals surface area contributed by atoms with Crippen molar-refractivity contribution in [3.8, 4) is 28.1 Å². The highest BCUT2D eigenvalue weighted by atomic mass is 31.0. The number of benzene rings is 7. The molecule has 214 valence electrons. The van der Waals surface area contributed by atoms with E-state index in [1.54, 1.807) is 0 Å². The summed E-state index contributed by atoms with van der Waals surface area (Å²) in [6.45, 7) is 0. The van der Waals surface area contributed by atoms with E-state index < -0.39 is 0 Å². The molecule has 2 nitrogen and oxygen atoms in total. The van der Waals surface area contributed by atoms with Crippen molar-refractivity contribution in [3.05, 3.63) is 158 Å². The van der Waals surface area contributed by atoms with E-state index in [2.05, 4.69) is 162 Å². The van der Waals surface area contributed by atoms with Crippen LogP contribution in [0.1, 0.15) is 0 Å². The predicted molar refractivity (Wildman–Crippen MR) is 199 cm³/mol. The summed E-state index contributed by atoms with van der Waals surface area (Å²) >= 11 is 0. The monoisotopic (exact) mass is 602 g/mol. The van der Waals surface area contributed by atoms with Crippen molar-refractivity contribution in [3.63, 3.8) is 0 Å².